The van der Waals surface area contributed by atoms with Crippen molar-refractivity contribution < 1.29 is 5.11 Å². The Morgan fingerprint density at radius 1 is 1.43 bits per heavy atom. The predicted molar refractivity (Wildman–Crippen MR) is 60.6 cm³/mol. The van der Waals surface area contributed by atoms with Crippen molar-refractivity contribution in [1.82, 2.24) is 0 Å². The van der Waals surface area contributed by atoms with Gasteiger partial charge in [-0.05, 0) is 49.6 Å². The van der Waals surface area contributed by atoms with Gasteiger partial charge in [0.1, 0.15) is 0 Å². The Morgan fingerprint density at radius 3 is 2.57 bits per heavy atom. The van der Waals surface area contributed by atoms with Gasteiger partial charge in [-0.3, -0.25) is 0 Å². The van der Waals surface area contributed by atoms with Crippen LogP contribution in [0.25, 0.3) is 0 Å². The molecule has 0 aromatic carbocycles. The van der Waals surface area contributed by atoms with Crippen molar-refractivity contribution in [3.63, 3.8) is 0 Å². The van der Waals surface area contributed by atoms with E-state index >= 15 is 0 Å². The first-order valence-electron chi connectivity index (χ1n) is 5.38. The molecule has 0 spiro atoms. The first kappa shape index (κ1) is 10.2. The maximum absolute atomic E-state index is 10.5. The Kier molecular flexibility index (Phi) is 2.67. The molecule has 1 aliphatic carbocycles. The van der Waals surface area contributed by atoms with Gasteiger partial charge in [-0.2, -0.15) is 0 Å². The fourth-order valence-electron chi connectivity index (χ4n) is 2.43. The zero-order valence-electron chi connectivity index (χ0n) is 8.92. The van der Waals surface area contributed by atoms with Gasteiger partial charge in [0.05, 0.1) is 5.60 Å². The predicted octanol–water partition coefficient (Wildman–Crippen LogP) is 3.45. The Balaban J connectivity index is 2.22. The highest BCUT2D eigenvalue weighted by atomic mass is 32.1. The average molecular weight is 210 g/mol. The summed E-state index contributed by atoms with van der Waals surface area (Å²) in [5, 5.41) is 12.6. The molecule has 0 bridgehead atoms. The van der Waals surface area contributed by atoms with Crippen LogP contribution < -0.4 is 0 Å². The third kappa shape index (κ3) is 1.73. The van der Waals surface area contributed by atoms with Gasteiger partial charge >= 0.3 is 0 Å². The monoisotopic (exact) mass is 210 g/mol. The van der Waals surface area contributed by atoms with E-state index < -0.39 is 5.60 Å². The molecule has 2 heteroatoms. The van der Waals surface area contributed by atoms with Crippen molar-refractivity contribution >= 4 is 11.3 Å². The lowest BCUT2D eigenvalue weighted by molar-refractivity contribution is -0.00296. The van der Waals surface area contributed by atoms with E-state index in [0.29, 0.717) is 5.92 Å². The lowest BCUT2D eigenvalue weighted by Crippen LogP contribution is -2.29. The molecule has 1 fully saturated rings. The molecule has 1 atom stereocenters. The molecular weight excluding hydrogens is 192 g/mol. The van der Waals surface area contributed by atoms with Crippen LogP contribution >= 0.6 is 11.3 Å². The van der Waals surface area contributed by atoms with E-state index in [0.717, 1.165) is 5.56 Å². The number of rotatable bonds is 2. The first-order chi connectivity index (χ1) is 6.60. The third-order valence-electron chi connectivity index (χ3n) is 3.47. The van der Waals surface area contributed by atoms with Gasteiger partial charge in [-0.15, -0.1) is 11.3 Å². The molecule has 1 aliphatic rings. The van der Waals surface area contributed by atoms with Gasteiger partial charge in [0.15, 0.2) is 0 Å². The van der Waals surface area contributed by atoms with Crippen LogP contribution in [0.1, 0.15) is 43.0 Å². The van der Waals surface area contributed by atoms with Gasteiger partial charge < -0.3 is 5.11 Å². The van der Waals surface area contributed by atoms with Crippen LogP contribution in [0.5, 0.6) is 0 Å². The summed E-state index contributed by atoms with van der Waals surface area (Å²) in [5.74, 6) is 0.469. The Morgan fingerprint density at radius 2 is 2.07 bits per heavy atom. The van der Waals surface area contributed by atoms with Crippen molar-refractivity contribution in [2.45, 2.75) is 45.1 Å². The highest BCUT2D eigenvalue weighted by Crippen LogP contribution is 2.41. The standard InChI is InChI=1S/C12H18OS/c1-9-7-11(8-14-9)12(2,13)10-5-3-4-6-10/h7-8,10,13H,3-6H2,1-2H3. The van der Waals surface area contributed by atoms with Gasteiger partial charge in [-0.1, -0.05) is 12.8 Å². The largest absolute Gasteiger partial charge is 0.385 e. The summed E-state index contributed by atoms with van der Waals surface area (Å²) in [6.07, 6.45) is 4.93. The van der Waals surface area contributed by atoms with Crippen molar-refractivity contribution in [2.24, 2.45) is 5.92 Å². The van der Waals surface area contributed by atoms with Crippen LogP contribution in [0.15, 0.2) is 11.4 Å². The molecule has 78 valence electrons. The average Bonchev–Trinajstić information content (AvgIpc) is 2.72. The van der Waals surface area contributed by atoms with Crippen LogP contribution in [0.2, 0.25) is 0 Å². The van der Waals surface area contributed by atoms with Crippen LogP contribution in [-0.2, 0) is 5.60 Å². The quantitative estimate of drug-likeness (QED) is 0.792. The van der Waals surface area contributed by atoms with Crippen LogP contribution in [0, 0.1) is 12.8 Å². The summed E-state index contributed by atoms with van der Waals surface area (Å²) >= 11 is 1.73. The number of hydrogen-bond acceptors (Lipinski definition) is 2. The first-order valence-corrected chi connectivity index (χ1v) is 6.26. The molecule has 1 aromatic heterocycles. The lowest BCUT2D eigenvalue weighted by atomic mass is 9.83. The van der Waals surface area contributed by atoms with Crippen molar-refractivity contribution in [1.29, 1.82) is 0 Å². The van der Waals surface area contributed by atoms with Crippen molar-refractivity contribution in [3.05, 3.63) is 21.9 Å². The molecule has 14 heavy (non-hydrogen) atoms. The molecule has 0 aliphatic heterocycles. The lowest BCUT2D eigenvalue weighted by Gasteiger charge is -2.29. The second-order valence-corrected chi connectivity index (χ2v) is 5.69. The van der Waals surface area contributed by atoms with Crippen molar-refractivity contribution in [3.8, 4) is 0 Å². The van der Waals surface area contributed by atoms with E-state index in [1.165, 1.54) is 30.6 Å². The number of aliphatic hydroxyl groups is 1. The Bertz CT molecular complexity index is 308. The summed E-state index contributed by atoms with van der Waals surface area (Å²) in [7, 11) is 0. The zero-order chi connectivity index (χ0) is 10.2. The topological polar surface area (TPSA) is 20.2 Å². The smallest absolute Gasteiger partial charge is 0.0904 e. The Labute approximate surface area is 89.8 Å². The Hall–Kier alpha value is -0.340. The second kappa shape index (κ2) is 3.67. The van der Waals surface area contributed by atoms with E-state index in [-0.39, 0.29) is 0 Å². The third-order valence-corrected chi connectivity index (χ3v) is 4.33. The van der Waals surface area contributed by atoms with E-state index in [1.807, 2.05) is 6.92 Å². The molecule has 1 nitrogen and oxygen atoms in total. The SMILES string of the molecule is Cc1cc(C(C)(O)C2CCCC2)cs1. The molecule has 0 amide bonds. The van der Waals surface area contributed by atoms with Crippen LogP contribution in [-0.4, -0.2) is 5.11 Å². The molecule has 1 saturated carbocycles. The summed E-state index contributed by atoms with van der Waals surface area (Å²) in [5.41, 5.74) is 0.522. The van der Waals surface area contributed by atoms with E-state index in [9.17, 15) is 5.11 Å². The number of hydrogen-bond donors (Lipinski definition) is 1. The normalized spacial score (nSPS) is 22.5. The molecule has 1 heterocycles. The minimum absolute atomic E-state index is 0.469. The highest BCUT2D eigenvalue weighted by Gasteiger charge is 2.35. The highest BCUT2D eigenvalue weighted by molar-refractivity contribution is 7.10. The van der Waals surface area contributed by atoms with Gasteiger partial charge in [0.25, 0.3) is 0 Å². The fraction of sp³-hybridized carbons (Fsp3) is 0.667. The van der Waals surface area contributed by atoms with Crippen LogP contribution in [0.3, 0.4) is 0 Å². The molecule has 0 radical (unpaired) electrons. The second-order valence-electron chi connectivity index (χ2n) is 4.57. The molecule has 2 rings (SSSR count). The van der Waals surface area contributed by atoms with Gasteiger partial charge in [-0.25, -0.2) is 0 Å². The molecule has 1 aromatic rings. The van der Waals surface area contributed by atoms with E-state index in [1.54, 1.807) is 11.3 Å². The minimum Gasteiger partial charge on any atom is -0.385 e. The summed E-state index contributed by atoms with van der Waals surface area (Å²) in [6, 6.07) is 2.13. The molecule has 1 unspecified atom stereocenters. The van der Waals surface area contributed by atoms with Gasteiger partial charge in [0.2, 0.25) is 0 Å². The fourth-order valence-corrected chi connectivity index (χ4v) is 3.25. The summed E-state index contributed by atoms with van der Waals surface area (Å²) in [6.45, 7) is 4.07. The molecule has 0 saturated heterocycles. The summed E-state index contributed by atoms with van der Waals surface area (Å²) in [4.78, 5) is 1.29. The number of thiophene rings is 1. The van der Waals surface area contributed by atoms with Gasteiger partial charge in [0, 0.05) is 4.88 Å². The summed E-state index contributed by atoms with van der Waals surface area (Å²) < 4.78 is 0. The maximum Gasteiger partial charge on any atom is 0.0904 e. The van der Waals surface area contributed by atoms with E-state index in [2.05, 4.69) is 18.4 Å². The number of aryl methyl sites for hydroxylation is 1. The van der Waals surface area contributed by atoms with Crippen molar-refractivity contribution in [2.75, 3.05) is 0 Å². The van der Waals surface area contributed by atoms with Crippen LogP contribution in [0.4, 0.5) is 0 Å². The maximum atomic E-state index is 10.5. The molecule has 1 N–H and O–H groups in total. The van der Waals surface area contributed by atoms with E-state index in [4.69, 9.17) is 0 Å². The zero-order valence-corrected chi connectivity index (χ0v) is 9.73. The minimum atomic E-state index is -0.596. The molecular formula is C12H18OS.